The van der Waals surface area contributed by atoms with Gasteiger partial charge in [0.15, 0.2) is 0 Å². The van der Waals surface area contributed by atoms with Crippen molar-refractivity contribution in [2.45, 2.75) is 32.2 Å². The van der Waals surface area contributed by atoms with Crippen molar-refractivity contribution in [3.8, 4) is 0 Å². The van der Waals surface area contributed by atoms with E-state index < -0.39 is 0 Å². The highest BCUT2D eigenvalue weighted by atomic mass is 15.1. The van der Waals surface area contributed by atoms with Crippen molar-refractivity contribution < 1.29 is 0 Å². The van der Waals surface area contributed by atoms with Crippen LogP contribution in [0, 0.1) is 0 Å². The molecule has 1 aromatic heterocycles. The van der Waals surface area contributed by atoms with Crippen LogP contribution in [0.3, 0.4) is 0 Å². The van der Waals surface area contributed by atoms with Crippen molar-refractivity contribution in [1.29, 1.82) is 0 Å². The number of hydrogen-bond donors (Lipinski definition) is 1. The standard InChI is InChI=1S/C13H23N3/c1-3-4-5-9-16(2)13(10-14)12-7-6-8-15-11-12/h6-8,11,13H,3-5,9-10,14H2,1-2H3. The molecule has 1 unspecified atom stereocenters. The molecule has 0 amide bonds. The molecule has 0 aromatic carbocycles. The van der Waals surface area contributed by atoms with Gasteiger partial charge in [0.2, 0.25) is 0 Å². The molecule has 0 spiro atoms. The molecule has 0 saturated carbocycles. The van der Waals surface area contributed by atoms with Gasteiger partial charge < -0.3 is 5.73 Å². The largest absolute Gasteiger partial charge is 0.329 e. The fourth-order valence-electron chi connectivity index (χ4n) is 1.91. The number of aromatic nitrogens is 1. The van der Waals surface area contributed by atoms with Crippen LogP contribution in [0.1, 0.15) is 37.8 Å². The van der Waals surface area contributed by atoms with Crippen molar-refractivity contribution in [3.63, 3.8) is 0 Å². The zero-order valence-electron chi connectivity index (χ0n) is 10.4. The predicted molar refractivity (Wildman–Crippen MR) is 68.2 cm³/mol. The quantitative estimate of drug-likeness (QED) is 0.718. The Labute approximate surface area is 98.7 Å². The van der Waals surface area contributed by atoms with Crippen LogP contribution >= 0.6 is 0 Å². The highest BCUT2D eigenvalue weighted by Gasteiger charge is 2.14. The van der Waals surface area contributed by atoms with E-state index in [0.29, 0.717) is 12.6 Å². The number of unbranched alkanes of at least 4 members (excludes halogenated alkanes) is 2. The van der Waals surface area contributed by atoms with Crippen LogP contribution < -0.4 is 5.73 Å². The van der Waals surface area contributed by atoms with Gasteiger partial charge in [0.25, 0.3) is 0 Å². The zero-order valence-corrected chi connectivity index (χ0v) is 10.4. The maximum absolute atomic E-state index is 5.84. The Morgan fingerprint density at radius 1 is 1.44 bits per heavy atom. The van der Waals surface area contributed by atoms with Gasteiger partial charge in [-0.15, -0.1) is 0 Å². The third-order valence-corrected chi connectivity index (χ3v) is 2.94. The Hall–Kier alpha value is -0.930. The maximum Gasteiger partial charge on any atom is 0.0482 e. The molecule has 0 bridgehead atoms. The highest BCUT2D eigenvalue weighted by molar-refractivity contribution is 5.14. The van der Waals surface area contributed by atoms with Crippen molar-refractivity contribution in [3.05, 3.63) is 30.1 Å². The lowest BCUT2D eigenvalue weighted by Gasteiger charge is -2.27. The number of hydrogen-bond acceptors (Lipinski definition) is 3. The van der Waals surface area contributed by atoms with E-state index in [4.69, 9.17) is 5.73 Å². The summed E-state index contributed by atoms with van der Waals surface area (Å²) < 4.78 is 0. The summed E-state index contributed by atoms with van der Waals surface area (Å²) in [6.45, 7) is 3.97. The van der Waals surface area contributed by atoms with Crippen LogP contribution in [0.15, 0.2) is 24.5 Å². The van der Waals surface area contributed by atoms with Gasteiger partial charge in [0.05, 0.1) is 0 Å². The van der Waals surface area contributed by atoms with Gasteiger partial charge in [-0.1, -0.05) is 25.8 Å². The van der Waals surface area contributed by atoms with Crippen LogP contribution in [0.4, 0.5) is 0 Å². The molecule has 2 N–H and O–H groups in total. The molecule has 1 heterocycles. The third-order valence-electron chi connectivity index (χ3n) is 2.94. The van der Waals surface area contributed by atoms with Crippen molar-refractivity contribution in [2.75, 3.05) is 20.1 Å². The Balaban J connectivity index is 2.53. The fourth-order valence-corrected chi connectivity index (χ4v) is 1.91. The molecule has 1 aromatic rings. The van der Waals surface area contributed by atoms with Crippen LogP contribution in [0.2, 0.25) is 0 Å². The number of rotatable bonds is 7. The van der Waals surface area contributed by atoms with Crippen molar-refractivity contribution in [2.24, 2.45) is 5.73 Å². The predicted octanol–water partition coefficient (Wildman–Crippen LogP) is 2.20. The SMILES string of the molecule is CCCCCN(C)C(CN)c1cccnc1. The lowest BCUT2D eigenvalue weighted by molar-refractivity contribution is 0.244. The van der Waals surface area contributed by atoms with E-state index >= 15 is 0 Å². The zero-order chi connectivity index (χ0) is 11.8. The summed E-state index contributed by atoms with van der Waals surface area (Å²) in [5.74, 6) is 0. The molecule has 0 aliphatic heterocycles. The highest BCUT2D eigenvalue weighted by Crippen LogP contribution is 2.17. The summed E-state index contributed by atoms with van der Waals surface area (Å²) >= 11 is 0. The van der Waals surface area contributed by atoms with E-state index in [0.717, 1.165) is 6.54 Å². The molecular formula is C13H23N3. The van der Waals surface area contributed by atoms with Gasteiger partial charge in [-0.25, -0.2) is 0 Å². The summed E-state index contributed by atoms with van der Waals surface area (Å²) in [4.78, 5) is 6.48. The van der Waals surface area contributed by atoms with E-state index in [1.807, 2.05) is 12.3 Å². The number of nitrogens with two attached hydrogens (primary N) is 1. The summed E-state index contributed by atoms with van der Waals surface area (Å²) in [7, 11) is 2.14. The second-order valence-electron chi connectivity index (χ2n) is 4.23. The minimum Gasteiger partial charge on any atom is -0.329 e. The van der Waals surface area contributed by atoms with E-state index in [-0.39, 0.29) is 0 Å². The first-order valence-electron chi connectivity index (χ1n) is 6.09. The van der Waals surface area contributed by atoms with Gasteiger partial charge in [-0.05, 0) is 31.6 Å². The lowest BCUT2D eigenvalue weighted by Crippen LogP contribution is -2.31. The number of nitrogens with zero attached hydrogens (tertiary/aromatic N) is 2. The molecule has 0 aliphatic rings. The molecular weight excluding hydrogens is 198 g/mol. The monoisotopic (exact) mass is 221 g/mol. The average molecular weight is 221 g/mol. The smallest absolute Gasteiger partial charge is 0.0482 e. The second-order valence-corrected chi connectivity index (χ2v) is 4.23. The Kier molecular flexibility index (Phi) is 6.04. The number of likely N-dealkylation sites (N-methyl/N-ethyl adjacent to an activating group) is 1. The summed E-state index contributed by atoms with van der Waals surface area (Å²) in [6, 6.07) is 4.36. The Bertz CT molecular complexity index is 274. The minimum atomic E-state index is 0.297. The van der Waals surface area contributed by atoms with Gasteiger partial charge >= 0.3 is 0 Å². The Morgan fingerprint density at radius 2 is 2.25 bits per heavy atom. The van der Waals surface area contributed by atoms with E-state index in [9.17, 15) is 0 Å². The topological polar surface area (TPSA) is 42.1 Å². The van der Waals surface area contributed by atoms with E-state index in [1.54, 1.807) is 6.20 Å². The molecule has 90 valence electrons. The van der Waals surface area contributed by atoms with Crippen LogP contribution in [0.5, 0.6) is 0 Å². The van der Waals surface area contributed by atoms with Gasteiger partial charge in [-0.2, -0.15) is 0 Å². The maximum atomic E-state index is 5.84. The normalized spacial score (nSPS) is 13.0. The number of pyridine rings is 1. The van der Waals surface area contributed by atoms with E-state index in [1.165, 1.54) is 24.8 Å². The third kappa shape index (κ3) is 3.91. The average Bonchev–Trinajstić information content (AvgIpc) is 2.32. The molecule has 16 heavy (non-hydrogen) atoms. The first-order valence-corrected chi connectivity index (χ1v) is 6.09. The molecule has 3 nitrogen and oxygen atoms in total. The van der Waals surface area contributed by atoms with E-state index in [2.05, 4.69) is 29.9 Å². The molecule has 0 fully saturated rings. The summed E-state index contributed by atoms with van der Waals surface area (Å²) in [6.07, 6.45) is 7.49. The summed E-state index contributed by atoms with van der Waals surface area (Å²) in [5, 5.41) is 0. The first kappa shape index (κ1) is 13.1. The second kappa shape index (κ2) is 7.36. The molecule has 1 rings (SSSR count). The van der Waals surface area contributed by atoms with Crippen LogP contribution in [-0.2, 0) is 0 Å². The van der Waals surface area contributed by atoms with Crippen molar-refractivity contribution >= 4 is 0 Å². The van der Waals surface area contributed by atoms with Gasteiger partial charge in [-0.3, -0.25) is 9.88 Å². The molecule has 1 atom stereocenters. The lowest BCUT2D eigenvalue weighted by atomic mass is 10.1. The molecule has 0 saturated heterocycles. The Morgan fingerprint density at radius 3 is 2.81 bits per heavy atom. The van der Waals surface area contributed by atoms with Crippen LogP contribution in [-0.4, -0.2) is 30.0 Å². The van der Waals surface area contributed by atoms with Crippen LogP contribution in [0.25, 0.3) is 0 Å². The summed E-state index contributed by atoms with van der Waals surface area (Å²) in [5.41, 5.74) is 7.05. The fraction of sp³-hybridized carbons (Fsp3) is 0.615. The molecule has 0 aliphatic carbocycles. The minimum absolute atomic E-state index is 0.297. The first-order chi connectivity index (χ1) is 7.79. The van der Waals surface area contributed by atoms with Gasteiger partial charge in [0.1, 0.15) is 0 Å². The van der Waals surface area contributed by atoms with Crippen molar-refractivity contribution in [1.82, 2.24) is 9.88 Å². The van der Waals surface area contributed by atoms with Gasteiger partial charge in [0, 0.05) is 25.0 Å². The molecule has 0 radical (unpaired) electrons. The molecule has 3 heteroatoms.